The summed E-state index contributed by atoms with van der Waals surface area (Å²) in [5, 5.41) is 7.54. The van der Waals surface area contributed by atoms with E-state index in [0.29, 0.717) is 6.54 Å². The topological polar surface area (TPSA) is 41.9 Å². The maximum absolute atomic E-state index is 7.54. The van der Waals surface area contributed by atoms with Crippen LogP contribution in [-0.2, 0) is 6.54 Å². The first kappa shape index (κ1) is 8.81. The molecule has 0 fully saturated rings. The van der Waals surface area contributed by atoms with E-state index < -0.39 is 0 Å². The minimum atomic E-state index is 0.200. The summed E-state index contributed by atoms with van der Waals surface area (Å²) in [5.74, 6) is 0. The lowest BCUT2D eigenvalue weighted by Crippen LogP contribution is -2.16. The maximum Gasteiger partial charge on any atom is 0.294 e. The lowest BCUT2D eigenvalue weighted by Gasteiger charge is -2.03. The van der Waals surface area contributed by atoms with Gasteiger partial charge in [0.1, 0.15) is 6.26 Å². The van der Waals surface area contributed by atoms with E-state index in [4.69, 9.17) is 9.83 Å². The van der Waals surface area contributed by atoms with Crippen molar-refractivity contribution >= 4 is 0 Å². The summed E-state index contributed by atoms with van der Waals surface area (Å²) in [5.41, 5.74) is 2.35. The Morgan fingerprint density at radius 2 is 2.00 bits per heavy atom. The normalized spacial score (nSPS) is 10.4. The molecular formula is C11H12N2O. The van der Waals surface area contributed by atoms with Gasteiger partial charge in [0.2, 0.25) is 0 Å². The Morgan fingerprint density at radius 3 is 2.57 bits per heavy atom. The predicted molar refractivity (Wildman–Crippen MR) is 52.8 cm³/mol. The van der Waals surface area contributed by atoms with E-state index in [0.717, 1.165) is 5.69 Å². The number of aromatic nitrogens is 1. The molecule has 0 saturated heterocycles. The Labute approximate surface area is 82.1 Å². The zero-order chi connectivity index (χ0) is 9.97. The minimum Gasteiger partial charge on any atom is -0.432 e. The molecule has 0 amide bonds. The second-order valence-corrected chi connectivity index (χ2v) is 3.25. The van der Waals surface area contributed by atoms with E-state index >= 15 is 0 Å². The number of benzene rings is 1. The molecule has 0 radical (unpaired) electrons. The summed E-state index contributed by atoms with van der Waals surface area (Å²) >= 11 is 0. The van der Waals surface area contributed by atoms with Gasteiger partial charge in [-0.2, -0.15) is 0 Å². The molecule has 3 nitrogen and oxygen atoms in total. The van der Waals surface area contributed by atoms with Gasteiger partial charge in [0.15, 0.2) is 0 Å². The fourth-order valence-corrected chi connectivity index (χ4v) is 1.39. The first-order valence-corrected chi connectivity index (χ1v) is 4.51. The van der Waals surface area contributed by atoms with Crippen molar-refractivity contribution in [2.75, 3.05) is 0 Å². The third-order valence-electron chi connectivity index (χ3n) is 2.20. The van der Waals surface area contributed by atoms with Crippen LogP contribution in [0.4, 0.5) is 0 Å². The van der Waals surface area contributed by atoms with Gasteiger partial charge in [-0.3, -0.25) is 9.98 Å². The highest BCUT2D eigenvalue weighted by atomic mass is 16.3. The molecule has 0 atom stereocenters. The second kappa shape index (κ2) is 3.54. The fourth-order valence-electron chi connectivity index (χ4n) is 1.39. The van der Waals surface area contributed by atoms with Crippen molar-refractivity contribution in [1.29, 1.82) is 5.41 Å². The van der Waals surface area contributed by atoms with E-state index in [-0.39, 0.29) is 5.68 Å². The van der Waals surface area contributed by atoms with E-state index in [1.807, 2.05) is 41.8 Å². The molecule has 1 heterocycles. The number of hydrogen-bond acceptors (Lipinski definition) is 2. The molecule has 1 aromatic heterocycles. The van der Waals surface area contributed by atoms with Gasteiger partial charge in [0, 0.05) is 0 Å². The van der Waals surface area contributed by atoms with Crippen molar-refractivity contribution < 1.29 is 4.42 Å². The summed E-state index contributed by atoms with van der Waals surface area (Å²) in [6, 6.07) is 10.1. The standard InChI is InChI=1S/C11H12N2O/c1-9-8-14-11(12)13(9)7-10-5-3-2-4-6-10/h2-6,8,12H,7H2,1H3. The first-order valence-electron chi connectivity index (χ1n) is 4.51. The lowest BCUT2D eigenvalue weighted by molar-refractivity contribution is 0.458. The number of oxazole rings is 1. The third kappa shape index (κ3) is 1.62. The molecule has 2 rings (SSSR count). The average Bonchev–Trinajstić information content (AvgIpc) is 2.51. The number of nitrogens with one attached hydrogen (secondary N) is 1. The van der Waals surface area contributed by atoms with Gasteiger partial charge < -0.3 is 4.42 Å². The van der Waals surface area contributed by atoms with Crippen LogP contribution in [-0.4, -0.2) is 4.57 Å². The van der Waals surface area contributed by atoms with Crippen LogP contribution in [0.2, 0.25) is 0 Å². The molecule has 72 valence electrons. The highest BCUT2D eigenvalue weighted by molar-refractivity contribution is 5.15. The maximum atomic E-state index is 7.54. The van der Waals surface area contributed by atoms with Crippen LogP contribution in [0.15, 0.2) is 41.0 Å². The van der Waals surface area contributed by atoms with Crippen molar-refractivity contribution in [3.05, 3.63) is 53.5 Å². The van der Waals surface area contributed by atoms with Gasteiger partial charge >= 0.3 is 0 Å². The Morgan fingerprint density at radius 1 is 1.29 bits per heavy atom. The highest BCUT2D eigenvalue weighted by Gasteiger charge is 2.01. The van der Waals surface area contributed by atoms with E-state index in [2.05, 4.69) is 0 Å². The minimum absolute atomic E-state index is 0.200. The molecule has 0 aliphatic rings. The molecule has 0 aliphatic heterocycles. The number of hydrogen-bond donors (Lipinski definition) is 1. The van der Waals surface area contributed by atoms with Crippen molar-refractivity contribution in [2.24, 2.45) is 0 Å². The second-order valence-electron chi connectivity index (χ2n) is 3.25. The fraction of sp³-hybridized carbons (Fsp3) is 0.182. The third-order valence-corrected chi connectivity index (χ3v) is 2.20. The van der Waals surface area contributed by atoms with Crippen molar-refractivity contribution in [3.63, 3.8) is 0 Å². The summed E-state index contributed by atoms with van der Waals surface area (Å²) in [4.78, 5) is 0. The molecule has 2 aromatic rings. The van der Waals surface area contributed by atoms with Gasteiger partial charge in [-0.25, -0.2) is 0 Å². The van der Waals surface area contributed by atoms with Crippen LogP contribution < -0.4 is 5.68 Å². The number of nitrogens with zero attached hydrogens (tertiary/aromatic N) is 1. The number of rotatable bonds is 2. The van der Waals surface area contributed by atoms with Crippen molar-refractivity contribution in [1.82, 2.24) is 4.57 Å². The quantitative estimate of drug-likeness (QED) is 0.768. The molecule has 14 heavy (non-hydrogen) atoms. The lowest BCUT2D eigenvalue weighted by atomic mass is 10.2. The molecular weight excluding hydrogens is 176 g/mol. The van der Waals surface area contributed by atoms with Gasteiger partial charge in [-0.05, 0) is 12.5 Å². The molecule has 3 heteroatoms. The van der Waals surface area contributed by atoms with E-state index in [1.54, 1.807) is 6.26 Å². The van der Waals surface area contributed by atoms with E-state index in [9.17, 15) is 0 Å². The molecule has 0 aliphatic carbocycles. The zero-order valence-corrected chi connectivity index (χ0v) is 8.03. The average molecular weight is 188 g/mol. The molecule has 1 aromatic carbocycles. The van der Waals surface area contributed by atoms with Crippen molar-refractivity contribution in [3.8, 4) is 0 Å². The molecule has 0 unspecified atom stereocenters. The monoisotopic (exact) mass is 188 g/mol. The summed E-state index contributed by atoms with van der Waals surface area (Å²) in [7, 11) is 0. The van der Waals surface area contributed by atoms with Gasteiger partial charge in [-0.1, -0.05) is 30.3 Å². The summed E-state index contributed by atoms with van der Waals surface area (Å²) < 4.78 is 6.83. The largest absolute Gasteiger partial charge is 0.432 e. The first-order chi connectivity index (χ1) is 6.77. The van der Waals surface area contributed by atoms with Crippen LogP contribution in [0.3, 0.4) is 0 Å². The SMILES string of the molecule is Cc1coc(=N)n1Cc1ccccc1. The van der Waals surface area contributed by atoms with Crippen molar-refractivity contribution in [2.45, 2.75) is 13.5 Å². The van der Waals surface area contributed by atoms with Crippen LogP contribution in [0.5, 0.6) is 0 Å². The Hall–Kier alpha value is -1.77. The highest BCUT2D eigenvalue weighted by Crippen LogP contribution is 2.03. The molecule has 1 N–H and O–H groups in total. The Kier molecular flexibility index (Phi) is 2.23. The predicted octanol–water partition coefficient (Wildman–Crippen LogP) is 1.92. The summed E-state index contributed by atoms with van der Waals surface area (Å²) in [6.07, 6.45) is 1.60. The Bertz CT molecular complexity index is 468. The van der Waals surface area contributed by atoms with Crippen LogP contribution in [0, 0.1) is 12.3 Å². The van der Waals surface area contributed by atoms with Crippen LogP contribution in [0.25, 0.3) is 0 Å². The van der Waals surface area contributed by atoms with Crippen LogP contribution >= 0.6 is 0 Å². The number of aryl methyl sites for hydroxylation is 1. The van der Waals surface area contributed by atoms with Gasteiger partial charge in [0.05, 0.1) is 12.2 Å². The zero-order valence-electron chi connectivity index (χ0n) is 8.03. The van der Waals surface area contributed by atoms with Gasteiger partial charge in [0.25, 0.3) is 5.68 Å². The molecule has 0 bridgehead atoms. The van der Waals surface area contributed by atoms with E-state index in [1.165, 1.54) is 5.56 Å². The van der Waals surface area contributed by atoms with Gasteiger partial charge in [-0.15, -0.1) is 0 Å². The summed E-state index contributed by atoms with van der Waals surface area (Å²) in [6.45, 7) is 2.63. The van der Waals surface area contributed by atoms with Crippen LogP contribution in [0.1, 0.15) is 11.3 Å². The Balaban J connectivity index is 2.32. The molecule has 0 saturated carbocycles. The molecule has 0 spiro atoms. The smallest absolute Gasteiger partial charge is 0.294 e.